The zero-order chi connectivity index (χ0) is 20.1. The molecule has 1 N–H and O–H groups in total. The predicted octanol–water partition coefficient (Wildman–Crippen LogP) is 5.36. The lowest BCUT2D eigenvalue weighted by atomic mass is 10.2. The Hall–Kier alpha value is -2.45. The van der Waals surface area contributed by atoms with Gasteiger partial charge < -0.3 is 10.1 Å². The highest BCUT2D eigenvalue weighted by molar-refractivity contribution is 7.99. The van der Waals surface area contributed by atoms with Crippen LogP contribution in [-0.4, -0.2) is 23.3 Å². The molecule has 3 rings (SSSR count). The first kappa shape index (κ1) is 20.3. The summed E-state index contributed by atoms with van der Waals surface area (Å²) in [6.07, 6.45) is 0. The molecular formula is C20H18F2N2O2S2. The minimum absolute atomic E-state index is 0.229. The number of nitrogens with one attached hydrogen (secondary N) is 1. The molecule has 2 aromatic carbocycles. The van der Waals surface area contributed by atoms with Crippen LogP contribution in [-0.2, 0) is 10.5 Å². The largest absolute Gasteiger partial charge is 0.497 e. The number of amides is 1. The van der Waals surface area contributed by atoms with Crippen molar-refractivity contribution in [1.29, 1.82) is 0 Å². The van der Waals surface area contributed by atoms with Gasteiger partial charge in [0.1, 0.15) is 10.8 Å². The molecule has 0 aliphatic carbocycles. The van der Waals surface area contributed by atoms with Gasteiger partial charge in [-0.05, 0) is 43.3 Å². The third-order valence-electron chi connectivity index (χ3n) is 3.93. The zero-order valence-electron chi connectivity index (χ0n) is 15.2. The van der Waals surface area contributed by atoms with Gasteiger partial charge in [-0.2, -0.15) is 0 Å². The molecule has 3 aromatic rings. The van der Waals surface area contributed by atoms with E-state index in [1.165, 1.54) is 29.2 Å². The Labute approximate surface area is 170 Å². The van der Waals surface area contributed by atoms with E-state index in [2.05, 4.69) is 10.3 Å². The first-order valence-corrected chi connectivity index (χ1v) is 10.4. The molecule has 1 atom stereocenters. The summed E-state index contributed by atoms with van der Waals surface area (Å²) in [6, 6.07) is 10.9. The van der Waals surface area contributed by atoms with Crippen molar-refractivity contribution >= 4 is 34.7 Å². The summed E-state index contributed by atoms with van der Waals surface area (Å²) in [5.41, 5.74) is 2.12. The third kappa shape index (κ3) is 5.08. The highest BCUT2D eigenvalue weighted by Gasteiger charge is 2.16. The molecule has 0 saturated carbocycles. The maximum atomic E-state index is 13.2. The van der Waals surface area contributed by atoms with E-state index in [1.807, 2.05) is 29.6 Å². The van der Waals surface area contributed by atoms with Crippen molar-refractivity contribution in [3.05, 3.63) is 65.2 Å². The first-order valence-electron chi connectivity index (χ1n) is 8.42. The molecule has 0 radical (unpaired) electrons. The lowest BCUT2D eigenvalue weighted by molar-refractivity contribution is -0.115. The molecule has 0 saturated heterocycles. The molecule has 146 valence electrons. The molecule has 8 heteroatoms. The van der Waals surface area contributed by atoms with Gasteiger partial charge in [0.15, 0.2) is 11.6 Å². The summed E-state index contributed by atoms with van der Waals surface area (Å²) in [5, 5.41) is 5.08. The Morgan fingerprint density at radius 3 is 2.64 bits per heavy atom. The second-order valence-corrected chi connectivity index (χ2v) is 8.13. The van der Waals surface area contributed by atoms with Crippen LogP contribution in [0.5, 0.6) is 5.75 Å². The van der Waals surface area contributed by atoms with Crippen molar-refractivity contribution in [3.63, 3.8) is 0 Å². The van der Waals surface area contributed by atoms with Gasteiger partial charge in [-0.3, -0.25) is 4.79 Å². The molecule has 1 amide bonds. The number of halogens is 2. The van der Waals surface area contributed by atoms with E-state index < -0.39 is 11.6 Å². The van der Waals surface area contributed by atoms with E-state index in [0.29, 0.717) is 5.75 Å². The van der Waals surface area contributed by atoms with Crippen LogP contribution in [0.1, 0.15) is 12.6 Å². The molecular weight excluding hydrogens is 402 g/mol. The van der Waals surface area contributed by atoms with Crippen molar-refractivity contribution in [2.75, 3.05) is 12.4 Å². The van der Waals surface area contributed by atoms with Crippen molar-refractivity contribution in [3.8, 4) is 16.3 Å². The molecule has 0 fully saturated rings. The highest BCUT2D eigenvalue weighted by Crippen LogP contribution is 2.28. The molecule has 28 heavy (non-hydrogen) atoms. The number of thiazole rings is 1. The Morgan fingerprint density at radius 1 is 1.21 bits per heavy atom. The summed E-state index contributed by atoms with van der Waals surface area (Å²) < 4.78 is 31.4. The average molecular weight is 421 g/mol. The summed E-state index contributed by atoms with van der Waals surface area (Å²) in [5.74, 6) is -0.860. The number of thioether (sulfide) groups is 1. The number of hydrogen-bond donors (Lipinski definition) is 1. The number of benzene rings is 2. The van der Waals surface area contributed by atoms with E-state index in [4.69, 9.17) is 4.74 Å². The van der Waals surface area contributed by atoms with Crippen LogP contribution in [0.4, 0.5) is 14.5 Å². The van der Waals surface area contributed by atoms with Gasteiger partial charge in [0.25, 0.3) is 0 Å². The highest BCUT2D eigenvalue weighted by atomic mass is 32.2. The Morgan fingerprint density at radius 2 is 1.96 bits per heavy atom. The van der Waals surface area contributed by atoms with Gasteiger partial charge in [-0.1, -0.05) is 0 Å². The Balaban J connectivity index is 1.55. The lowest BCUT2D eigenvalue weighted by Crippen LogP contribution is -2.22. The van der Waals surface area contributed by atoms with Gasteiger partial charge in [0, 0.05) is 28.5 Å². The Kier molecular flexibility index (Phi) is 6.64. The van der Waals surface area contributed by atoms with Crippen molar-refractivity contribution in [2.24, 2.45) is 0 Å². The number of methoxy groups -OCH3 is 1. The number of carbonyl (C=O) groups is 1. The minimum atomic E-state index is -0.994. The van der Waals surface area contributed by atoms with Crippen LogP contribution in [0, 0.1) is 11.6 Å². The van der Waals surface area contributed by atoms with Crippen LogP contribution in [0.3, 0.4) is 0 Å². The number of hydrogen-bond acceptors (Lipinski definition) is 5. The van der Waals surface area contributed by atoms with Gasteiger partial charge in [-0.25, -0.2) is 13.8 Å². The number of rotatable bonds is 7. The van der Waals surface area contributed by atoms with Gasteiger partial charge in [0.05, 0.1) is 18.1 Å². The zero-order valence-corrected chi connectivity index (χ0v) is 16.9. The molecule has 1 aromatic heterocycles. The molecule has 0 aliphatic rings. The summed E-state index contributed by atoms with van der Waals surface area (Å²) >= 11 is 2.96. The number of nitrogens with zero attached hydrogens (tertiary/aromatic N) is 1. The number of carbonyl (C=O) groups excluding carboxylic acids is 1. The topological polar surface area (TPSA) is 51.2 Å². The standard InChI is InChI=1S/C20H18F2N2O2S2/c1-12(19(25)23-14-5-8-17(21)18(22)9-14)27-10-15-11-28-20(24-15)13-3-6-16(26-2)7-4-13/h3-9,11-12H,10H2,1-2H3,(H,23,25). The summed E-state index contributed by atoms with van der Waals surface area (Å²) in [4.78, 5) is 16.8. The van der Waals surface area contributed by atoms with E-state index in [-0.39, 0.29) is 16.8 Å². The minimum Gasteiger partial charge on any atom is -0.497 e. The molecule has 0 bridgehead atoms. The quantitative estimate of drug-likeness (QED) is 0.559. The van der Waals surface area contributed by atoms with E-state index in [1.54, 1.807) is 14.0 Å². The summed E-state index contributed by atoms with van der Waals surface area (Å²) in [6.45, 7) is 1.76. The molecule has 0 aliphatic heterocycles. The SMILES string of the molecule is COc1ccc(-c2nc(CSC(C)C(=O)Nc3ccc(F)c(F)c3)cs2)cc1. The smallest absolute Gasteiger partial charge is 0.237 e. The molecule has 0 spiro atoms. The number of aromatic nitrogens is 1. The van der Waals surface area contributed by atoms with E-state index in [9.17, 15) is 13.6 Å². The van der Waals surface area contributed by atoms with Gasteiger partial charge >= 0.3 is 0 Å². The summed E-state index contributed by atoms with van der Waals surface area (Å²) in [7, 11) is 1.62. The fraction of sp³-hybridized carbons (Fsp3) is 0.200. The lowest BCUT2D eigenvalue weighted by Gasteiger charge is -2.11. The monoisotopic (exact) mass is 420 g/mol. The van der Waals surface area contributed by atoms with Crippen LogP contribution >= 0.6 is 23.1 Å². The maximum Gasteiger partial charge on any atom is 0.237 e. The van der Waals surface area contributed by atoms with Crippen molar-refractivity contribution < 1.29 is 18.3 Å². The first-order chi connectivity index (χ1) is 13.5. The van der Waals surface area contributed by atoms with Crippen LogP contribution < -0.4 is 10.1 Å². The second kappa shape index (κ2) is 9.16. The van der Waals surface area contributed by atoms with Crippen LogP contribution in [0.15, 0.2) is 47.8 Å². The Bertz CT molecular complexity index is 961. The van der Waals surface area contributed by atoms with Gasteiger partial charge in [0.2, 0.25) is 5.91 Å². The molecule has 4 nitrogen and oxygen atoms in total. The van der Waals surface area contributed by atoms with Crippen LogP contribution in [0.25, 0.3) is 10.6 Å². The van der Waals surface area contributed by atoms with E-state index >= 15 is 0 Å². The second-order valence-electron chi connectivity index (χ2n) is 5.94. The van der Waals surface area contributed by atoms with Crippen molar-refractivity contribution in [2.45, 2.75) is 17.9 Å². The average Bonchev–Trinajstić information content (AvgIpc) is 3.18. The number of anilines is 1. The fourth-order valence-corrected chi connectivity index (χ4v) is 4.05. The van der Waals surface area contributed by atoms with Crippen molar-refractivity contribution in [1.82, 2.24) is 4.98 Å². The fourth-order valence-electron chi connectivity index (χ4n) is 2.34. The molecule has 1 heterocycles. The third-order valence-corrected chi connectivity index (χ3v) is 6.04. The number of ether oxygens (including phenoxy) is 1. The van der Waals surface area contributed by atoms with E-state index in [0.717, 1.165) is 34.1 Å². The normalized spacial score (nSPS) is 11.9. The maximum absolute atomic E-state index is 13.2. The predicted molar refractivity (Wildman–Crippen MR) is 110 cm³/mol. The molecule has 1 unspecified atom stereocenters. The van der Waals surface area contributed by atoms with Gasteiger partial charge in [-0.15, -0.1) is 23.1 Å². The van der Waals surface area contributed by atoms with Crippen LogP contribution in [0.2, 0.25) is 0 Å².